The van der Waals surface area contributed by atoms with Crippen molar-refractivity contribution >= 4 is 24.2 Å². The second-order valence-corrected chi connectivity index (χ2v) is 6.14. The topological polar surface area (TPSA) is 98.2 Å². The first-order valence-corrected chi connectivity index (χ1v) is 7.74. The molecule has 1 fully saturated rings. The fourth-order valence-corrected chi connectivity index (χ4v) is 3.24. The highest BCUT2D eigenvalue weighted by molar-refractivity contribution is 5.90. The normalized spacial score (nSPS) is 17.7. The second-order valence-electron chi connectivity index (χ2n) is 6.14. The fraction of sp³-hybridized carbons (Fsp3) is 0.867. The van der Waals surface area contributed by atoms with E-state index in [2.05, 4.69) is 5.32 Å². The zero-order valence-electron chi connectivity index (χ0n) is 13.2. The summed E-state index contributed by atoms with van der Waals surface area (Å²) in [6.07, 6.45) is 6.91. The Bertz CT molecular complexity index is 351. The van der Waals surface area contributed by atoms with E-state index in [0.717, 1.165) is 25.7 Å². The van der Waals surface area contributed by atoms with E-state index in [1.165, 1.54) is 6.42 Å². The number of carbonyl (C=O) groups excluding carboxylic acids is 2. The van der Waals surface area contributed by atoms with Gasteiger partial charge in [0.2, 0.25) is 11.8 Å². The highest BCUT2D eigenvalue weighted by atomic mass is 35.5. The number of nitrogens with one attached hydrogen (secondary N) is 1. The van der Waals surface area contributed by atoms with Gasteiger partial charge in [-0.25, -0.2) is 0 Å². The molecular formula is C15H30ClN3O2. The molecule has 1 rings (SSSR count). The van der Waals surface area contributed by atoms with Gasteiger partial charge in [-0.1, -0.05) is 33.1 Å². The summed E-state index contributed by atoms with van der Waals surface area (Å²) in [4.78, 5) is 24.0. The lowest BCUT2D eigenvalue weighted by atomic mass is 9.71. The molecule has 0 spiro atoms. The van der Waals surface area contributed by atoms with Crippen molar-refractivity contribution in [2.45, 2.75) is 70.8 Å². The van der Waals surface area contributed by atoms with E-state index in [9.17, 15) is 9.59 Å². The van der Waals surface area contributed by atoms with Crippen molar-refractivity contribution in [1.82, 2.24) is 5.32 Å². The molecule has 0 unspecified atom stereocenters. The number of hydrogen-bond donors (Lipinski definition) is 3. The van der Waals surface area contributed by atoms with Gasteiger partial charge in [0.05, 0.1) is 0 Å². The lowest BCUT2D eigenvalue weighted by molar-refractivity contribution is -0.133. The van der Waals surface area contributed by atoms with Crippen molar-refractivity contribution in [1.29, 1.82) is 0 Å². The molecule has 0 aromatic heterocycles. The lowest BCUT2D eigenvalue weighted by Crippen LogP contribution is -2.57. The van der Waals surface area contributed by atoms with Crippen LogP contribution in [-0.2, 0) is 9.59 Å². The molecule has 2 amide bonds. The summed E-state index contributed by atoms with van der Waals surface area (Å²) in [5, 5.41) is 2.87. The van der Waals surface area contributed by atoms with Crippen molar-refractivity contribution in [2.75, 3.05) is 6.54 Å². The third kappa shape index (κ3) is 4.85. The van der Waals surface area contributed by atoms with E-state index in [1.54, 1.807) is 0 Å². The maximum atomic E-state index is 12.3. The maximum Gasteiger partial charge on any atom is 0.243 e. The monoisotopic (exact) mass is 319 g/mol. The molecule has 0 aromatic carbocycles. The van der Waals surface area contributed by atoms with Gasteiger partial charge in [0.1, 0.15) is 5.54 Å². The first-order chi connectivity index (χ1) is 9.43. The van der Waals surface area contributed by atoms with Gasteiger partial charge in [0.25, 0.3) is 0 Å². The van der Waals surface area contributed by atoms with Crippen molar-refractivity contribution < 1.29 is 9.59 Å². The Hall–Kier alpha value is -0.810. The molecule has 6 heteroatoms. The molecule has 124 valence electrons. The molecule has 21 heavy (non-hydrogen) atoms. The van der Waals surface area contributed by atoms with Gasteiger partial charge in [-0.3, -0.25) is 9.59 Å². The zero-order valence-corrected chi connectivity index (χ0v) is 14.1. The summed E-state index contributed by atoms with van der Waals surface area (Å²) in [6, 6.07) is 0. The van der Waals surface area contributed by atoms with E-state index < -0.39 is 11.4 Å². The predicted molar refractivity (Wildman–Crippen MR) is 87.1 cm³/mol. The summed E-state index contributed by atoms with van der Waals surface area (Å²) in [5.41, 5.74) is 10.4. The van der Waals surface area contributed by atoms with Crippen LogP contribution in [0.2, 0.25) is 0 Å². The molecule has 0 bridgehead atoms. The highest BCUT2D eigenvalue weighted by Crippen LogP contribution is 2.38. The SMILES string of the molecule is CCC(CC)(NC(=O)CC1(CN)CCCCC1)C(N)=O.Cl. The Morgan fingerprint density at radius 2 is 1.67 bits per heavy atom. The van der Waals surface area contributed by atoms with Crippen molar-refractivity contribution in [3.63, 3.8) is 0 Å². The van der Waals surface area contributed by atoms with Gasteiger partial charge < -0.3 is 16.8 Å². The van der Waals surface area contributed by atoms with Crippen LogP contribution in [-0.4, -0.2) is 23.9 Å². The highest BCUT2D eigenvalue weighted by Gasteiger charge is 2.38. The number of nitrogens with two attached hydrogens (primary N) is 2. The number of amides is 2. The molecule has 0 heterocycles. The molecule has 5 N–H and O–H groups in total. The maximum absolute atomic E-state index is 12.3. The Balaban J connectivity index is 0.00000400. The van der Waals surface area contributed by atoms with Crippen LogP contribution in [0.15, 0.2) is 0 Å². The van der Waals surface area contributed by atoms with Gasteiger partial charge in [-0.2, -0.15) is 0 Å². The summed E-state index contributed by atoms with van der Waals surface area (Å²) >= 11 is 0. The summed E-state index contributed by atoms with van der Waals surface area (Å²) in [6.45, 7) is 4.27. The summed E-state index contributed by atoms with van der Waals surface area (Å²) in [7, 11) is 0. The average Bonchev–Trinajstić information content (AvgIpc) is 2.45. The van der Waals surface area contributed by atoms with Crippen LogP contribution in [0.5, 0.6) is 0 Å². The minimum absolute atomic E-state index is 0. The third-order valence-electron chi connectivity index (χ3n) is 4.94. The van der Waals surface area contributed by atoms with Crippen LogP contribution in [0.4, 0.5) is 0 Å². The Kier molecular flexibility index (Phi) is 8.26. The third-order valence-corrected chi connectivity index (χ3v) is 4.94. The minimum atomic E-state index is -0.915. The van der Waals surface area contributed by atoms with Crippen molar-refractivity contribution in [2.24, 2.45) is 16.9 Å². The molecule has 1 saturated carbocycles. The first-order valence-electron chi connectivity index (χ1n) is 7.74. The van der Waals surface area contributed by atoms with E-state index in [1.807, 2.05) is 13.8 Å². The molecule has 0 radical (unpaired) electrons. The number of halogens is 1. The Morgan fingerprint density at radius 3 is 2.05 bits per heavy atom. The van der Waals surface area contributed by atoms with Gasteiger partial charge >= 0.3 is 0 Å². The van der Waals surface area contributed by atoms with E-state index in [0.29, 0.717) is 25.8 Å². The summed E-state index contributed by atoms with van der Waals surface area (Å²) < 4.78 is 0. The minimum Gasteiger partial charge on any atom is -0.368 e. The van der Waals surface area contributed by atoms with Gasteiger partial charge in [0.15, 0.2) is 0 Å². The van der Waals surface area contributed by atoms with E-state index >= 15 is 0 Å². The smallest absolute Gasteiger partial charge is 0.243 e. The van der Waals surface area contributed by atoms with E-state index in [4.69, 9.17) is 11.5 Å². The zero-order chi connectivity index (χ0) is 15.2. The van der Waals surface area contributed by atoms with Gasteiger partial charge in [-0.05, 0) is 37.6 Å². The molecule has 0 aliphatic heterocycles. The molecule has 1 aliphatic carbocycles. The van der Waals surface area contributed by atoms with Crippen LogP contribution in [0.1, 0.15) is 65.2 Å². The van der Waals surface area contributed by atoms with Crippen LogP contribution in [0.25, 0.3) is 0 Å². The Morgan fingerprint density at radius 1 is 1.14 bits per heavy atom. The van der Waals surface area contributed by atoms with Gasteiger partial charge in [0, 0.05) is 6.42 Å². The fourth-order valence-electron chi connectivity index (χ4n) is 3.24. The van der Waals surface area contributed by atoms with Crippen molar-refractivity contribution in [3.05, 3.63) is 0 Å². The molecule has 0 saturated heterocycles. The average molecular weight is 320 g/mol. The van der Waals surface area contributed by atoms with Crippen LogP contribution < -0.4 is 16.8 Å². The number of hydrogen-bond acceptors (Lipinski definition) is 3. The molecule has 0 aromatic rings. The Labute approximate surface area is 134 Å². The van der Waals surface area contributed by atoms with E-state index in [-0.39, 0.29) is 23.7 Å². The van der Waals surface area contributed by atoms with Crippen LogP contribution in [0, 0.1) is 5.41 Å². The first kappa shape index (κ1) is 20.2. The standard InChI is InChI=1S/C15H29N3O2.ClH/c1-3-15(4-2,13(17)20)18-12(19)10-14(11-16)8-6-5-7-9-14;/h3-11,16H2,1-2H3,(H2,17,20)(H,18,19);1H. The number of carbonyl (C=O) groups is 2. The number of primary amides is 1. The predicted octanol–water partition coefficient (Wildman–Crippen LogP) is 1.87. The summed E-state index contributed by atoms with van der Waals surface area (Å²) in [5.74, 6) is -0.554. The van der Waals surface area contributed by atoms with Crippen LogP contribution in [0.3, 0.4) is 0 Å². The molecule has 0 atom stereocenters. The largest absolute Gasteiger partial charge is 0.368 e. The quantitative estimate of drug-likeness (QED) is 0.668. The lowest BCUT2D eigenvalue weighted by Gasteiger charge is -2.37. The van der Waals surface area contributed by atoms with Crippen LogP contribution >= 0.6 is 12.4 Å². The molecular weight excluding hydrogens is 290 g/mol. The van der Waals surface area contributed by atoms with Gasteiger partial charge in [-0.15, -0.1) is 12.4 Å². The molecule has 5 nitrogen and oxygen atoms in total. The number of rotatable bonds is 7. The molecule has 1 aliphatic rings. The second kappa shape index (κ2) is 8.59. The van der Waals surface area contributed by atoms with Crippen molar-refractivity contribution in [3.8, 4) is 0 Å².